The van der Waals surface area contributed by atoms with Gasteiger partial charge in [-0.1, -0.05) is 36.4 Å². The number of hydrogen-bond donors (Lipinski definition) is 1. The molecule has 1 aromatic carbocycles. The standard InChI is InChI=1S/C21H20N2O2S.ClH/c1-23-19(24)12-16(14-6-3-2-4-7-14)20(23)21(25)18-10-9-17(26-18)15-8-5-11-22-13-15;/h2-11,13,16,20-21,25H,12H2,1H3;1H/t16-,20-,21?;/m1./s1. The van der Waals surface area contributed by atoms with Gasteiger partial charge in [0.1, 0.15) is 6.10 Å². The number of hydrogen-bond acceptors (Lipinski definition) is 4. The van der Waals surface area contributed by atoms with E-state index >= 15 is 0 Å². The maximum absolute atomic E-state index is 12.3. The van der Waals surface area contributed by atoms with Gasteiger partial charge in [0.15, 0.2) is 0 Å². The van der Waals surface area contributed by atoms with Crippen LogP contribution in [-0.2, 0) is 4.79 Å². The molecule has 140 valence electrons. The van der Waals surface area contributed by atoms with Crippen LogP contribution < -0.4 is 0 Å². The number of aromatic nitrogens is 1. The fourth-order valence-electron chi connectivity index (χ4n) is 3.68. The number of carbonyl (C=O) groups excluding carboxylic acids is 1. The number of thiophene rings is 1. The van der Waals surface area contributed by atoms with E-state index < -0.39 is 6.10 Å². The molecule has 0 aliphatic carbocycles. The molecule has 1 aliphatic rings. The third-order valence-corrected chi connectivity index (χ3v) is 6.27. The predicted molar refractivity (Wildman–Crippen MR) is 110 cm³/mol. The van der Waals surface area contributed by atoms with E-state index in [1.807, 2.05) is 60.8 Å². The second-order valence-electron chi connectivity index (χ2n) is 6.61. The van der Waals surface area contributed by atoms with Crippen molar-refractivity contribution < 1.29 is 9.90 Å². The summed E-state index contributed by atoms with van der Waals surface area (Å²) in [5, 5.41) is 11.1. The maximum Gasteiger partial charge on any atom is 0.223 e. The predicted octanol–water partition coefficient (Wildman–Crippen LogP) is 4.28. The maximum atomic E-state index is 12.3. The van der Waals surface area contributed by atoms with Crippen LogP contribution in [0.15, 0.2) is 67.0 Å². The first-order chi connectivity index (χ1) is 12.6. The Morgan fingerprint density at radius 2 is 1.93 bits per heavy atom. The van der Waals surface area contributed by atoms with Crippen LogP contribution in [0.3, 0.4) is 0 Å². The smallest absolute Gasteiger partial charge is 0.223 e. The van der Waals surface area contributed by atoms with E-state index in [1.165, 1.54) is 0 Å². The lowest BCUT2D eigenvalue weighted by molar-refractivity contribution is -0.128. The number of likely N-dealkylation sites (tertiary alicyclic amines) is 1. The highest BCUT2D eigenvalue weighted by Gasteiger charge is 2.43. The number of amides is 1. The Balaban J connectivity index is 0.00000210. The highest BCUT2D eigenvalue weighted by atomic mass is 35.5. The minimum atomic E-state index is -0.716. The van der Waals surface area contributed by atoms with Crippen molar-refractivity contribution in [1.29, 1.82) is 0 Å². The van der Waals surface area contributed by atoms with Crippen molar-refractivity contribution in [2.45, 2.75) is 24.5 Å². The number of pyridine rings is 1. The van der Waals surface area contributed by atoms with E-state index in [0.717, 1.165) is 20.9 Å². The molecule has 1 aliphatic heterocycles. The Morgan fingerprint density at radius 1 is 1.15 bits per heavy atom. The average molecular weight is 401 g/mol. The molecule has 6 heteroatoms. The molecule has 1 amide bonds. The summed E-state index contributed by atoms with van der Waals surface area (Å²) in [7, 11) is 1.79. The Bertz CT molecular complexity index is 901. The molecule has 1 fully saturated rings. The number of carbonyl (C=O) groups is 1. The lowest BCUT2D eigenvalue weighted by Crippen LogP contribution is -2.36. The van der Waals surface area contributed by atoms with Crippen molar-refractivity contribution in [3.63, 3.8) is 0 Å². The number of benzene rings is 1. The quantitative estimate of drug-likeness (QED) is 0.711. The topological polar surface area (TPSA) is 53.4 Å². The van der Waals surface area contributed by atoms with Gasteiger partial charge in [-0.25, -0.2) is 0 Å². The normalized spacial score (nSPS) is 20.4. The van der Waals surface area contributed by atoms with Crippen LogP contribution in [0, 0.1) is 0 Å². The molecule has 1 saturated heterocycles. The Kier molecular flexibility index (Phi) is 5.95. The van der Waals surface area contributed by atoms with E-state index in [4.69, 9.17) is 0 Å². The van der Waals surface area contributed by atoms with Crippen molar-refractivity contribution in [3.8, 4) is 10.4 Å². The van der Waals surface area contributed by atoms with E-state index in [9.17, 15) is 9.90 Å². The Hall–Kier alpha value is -2.21. The number of nitrogens with zero attached hydrogens (tertiary/aromatic N) is 2. The zero-order chi connectivity index (χ0) is 18.1. The van der Waals surface area contributed by atoms with Gasteiger partial charge in [-0.3, -0.25) is 9.78 Å². The Morgan fingerprint density at radius 3 is 2.63 bits per heavy atom. The molecule has 27 heavy (non-hydrogen) atoms. The lowest BCUT2D eigenvalue weighted by atomic mass is 9.88. The van der Waals surface area contributed by atoms with Gasteiger partial charge in [0.2, 0.25) is 5.91 Å². The van der Waals surface area contributed by atoms with Crippen LogP contribution in [-0.4, -0.2) is 34.0 Å². The van der Waals surface area contributed by atoms with Crippen molar-refractivity contribution in [1.82, 2.24) is 9.88 Å². The van der Waals surface area contributed by atoms with E-state index in [2.05, 4.69) is 4.98 Å². The zero-order valence-corrected chi connectivity index (χ0v) is 16.5. The van der Waals surface area contributed by atoms with Gasteiger partial charge < -0.3 is 10.0 Å². The first-order valence-electron chi connectivity index (χ1n) is 8.64. The second-order valence-corrected chi connectivity index (χ2v) is 7.72. The van der Waals surface area contributed by atoms with Gasteiger partial charge in [0.25, 0.3) is 0 Å². The van der Waals surface area contributed by atoms with Gasteiger partial charge in [-0.15, -0.1) is 23.7 Å². The second kappa shape index (κ2) is 8.21. The van der Waals surface area contributed by atoms with E-state index in [0.29, 0.717) is 6.42 Å². The lowest BCUT2D eigenvalue weighted by Gasteiger charge is -2.29. The van der Waals surface area contributed by atoms with Crippen molar-refractivity contribution in [2.75, 3.05) is 7.05 Å². The van der Waals surface area contributed by atoms with Crippen molar-refractivity contribution in [3.05, 3.63) is 77.4 Å². The van der Waals surface area contributed by atoms with Crippen LogP contribution in [0.25, 0.3) is 10.4 Å². The van der Waals surface area contributed by atoms with Crippen LogP contribution in [0.5, 0.6) is 0 Å². The summed E-state index contributed by atoms with van der Waals surface area (Å²) in [4.78, 5) is 20.1. The minimum absolute atomic E-state index is 0. The third kappa shape index (κ3) is 3.76. The summed E-state index contributed by atoms with van der Waals surface area (Å²) in [6, 6.07) is 17.6. The molecule has 1 unspecified atom stereocenters. The van der Waals surface area contributed by atoms with Gasteiger partial charge in [-0.05, 0) is 23.8 Å². The molecular weight excluding hydrogens is 380 g/mol. The van der Waals surface area contributed by atoms with E-state index in [1.54, 1.807) is 29.5 Å². The van der Waals surface area contributed by atoms with Gasteiger partial charge in [0.05, 0.1) is 6.04 Å². The highest BCUT2D eigenvalue weighted by Crippen LogP contribution is 2.42. The summed E-state index contributed by atoms with van der Waals surface area (Å²) in [5.74, 6) is 0.0691. The van der Waals surface area contributed by atoms with Gasteiger partial charge >= 0.3 is 0 Å². The van der Waals surface area contributed by atoms with Crippen LogP contribution in [0.1, 0.15) is 28.9 Å². The summed E-state index contributed by atoms with van der Waals surface area (Å²) < 4.78 is 0. The molecule has 0 radical (unpaired) electrons. The number of aliphatic hydroxyl groups excluding tert-OH is 1. The average Bonchev–Trinajstić information content (AvgIpc) is 3.29. The molecule has 4 rings (SSSR count). The van der Waals surface area contributed by atoms with Gasteiger partial charge in [0, 0.05) is 47.1 Å². The summed E-state index contributed by atoms with van der Waals surface area (Å²) in [6.07, 6.45) is 3.28. The molecule has 0 spiro atoms. The van der Waals surface area contributed by atoms with E-state index in [-0.39, 0.29) is 30.3 Å². The van der Waals surface area contributed by atoms with Crippen LogP contribution in [0.4, 0.5) is 0 Å². The fraction of sp³-hybridized carbons (Fsp3) is 0.238. The summed E-state index contributed by atoms with van der Waals surface area (Å²) in [6.45, 7) is 0. The van der Waals surface area contributed by atoms with Crippen molar-refractivity contribution >= 4 is 29.7 Å². The number of likely N-dealkylation sites (N-methyl/N-ethyl adjacent to an activating group) is 1. The Labute approximate surface area is 168 Å². The summed E-state index contributed by atoms with van der Waals surface area (Å²) >= 11 is 1.55. The number of aliphatic hydroxyl groups is 1. The molecule has 4 nitrogen and oxygen atoms in total. The summed E-state index contributed by atoms with van der Waals surface area (Å²) in [5.41, 5.74) is 2.13. The van der Waals surface area contributed by atoms with Crippen LogP contribution >= 0.6 is 23.7 Å². The number of rotatable bonds is 4. The first kappa shape index (κ1) is 19.5. The SMILES string of the molecule is CN1C(=O)C[C@H](c2ccccc2)[C@@H]1C(O)c1ccc(-c2cccnc2)s1.Cl. The molecule has 3 aromatic rings. The van der Waals surface area contributed by atoms with Crippen molar-refractivity contribution in [2.24, 2.45) is 0 Å². The third-order valence-electron chi connectivity index (χ3n) is 5.06. The molecule has 2 aromatic heterocycles. The highest BCUT2D eigenvalue weighted by molar-refractivity contribution is 7.15. The molecular formula is C21H21ClN2O2S. The molecule has 1 N–H and O–H groups in total. The monoisotopic (exact) mass is 400 g/mol. The molecule has 3 atom stereocenters. The van der Waals surface area contributed by atoms with Gasteiger partial charge in [-0.2, -0.15) is 0 Å². The first-order valence-corrected chi connectivity index (χ1v) is 9.45. The minimum Gasteiger partial charge on any atom is -0.385 e. The fourth-order valence-corrected chi connectivity index (χ4v) is 4.70. The van der Waals surface area contributed by atoms with Crippen LogP contribution in [0.2, 0.25) is 0 Å². The largest absolute Gasteiger partial charge is 0.385 e. The molecule has 3 heterocycles. The molecule has 0 saturated carbocycles. The molecule has 0 bridgehead atoms. The zero-order valence-electron chi connectivity index (χ0n) is 14.9. The number of halogens is 1.